The minimum absolute atomic E-state index is 0.228. The van der Waals surface area contributed by atoms with Crippen molar-refractivity contribution in [1.29, 1.82) is 0 Å². The minimum atomic E-state index is -0.228. The highest BCUT2D eigenvalue weighted by Crippen LogP contribution is 2.30. The van der Waals surface area contributed by atoms with E-state index in [2.05, 4.69) is 10.3 Å². The average Bonchev–Trinajstić information content (AvgIpc) is 2.75. The molecule has 19 heavy (non-hydrogen) atoms. The van der Waals surface area contributed by atoms with Gasteiger partial charge in [0.2, 0.25) is 0 Å². The van der Waals surface area contributed by atoms with E-state index in [0.717, 1.165) is 15.3 Å². The van der Waals surface area contributed by atoms with Crippen molar-refractivity contribution in [1.82, 2.24) is 4.98 Å². The molecule has 0 atom stereocenters. The van der Waals surface area contributed by atoms with Gasteiger partial charge >= 0.3 is 0 Å². The second-order valence-electron chi connectivity index (χ2n) is 4.22. The molecule has 1 aromatic heterocycles. The van der Waals surface area contributed by atoms with Crippen molar-refractivity contribution in [2.75, 3.05) is 5.32 Å². The number of nitrogens with one attached hydrogen (secondary N) is 1. The summed E-state index contributed by atoms with van der Waals surface area (Å²) in [6, 6.07) is 10.6. The Hall–Kier alpha value is -1.65. The van der Waals surface area contributed by atoms with E-state index >= 15 is 0 Å². The van der Waals surface area contributed by atoms with Gasteiger partial charge < -0.3 is 5.32 Å². The monoisotopic (exact) mass is 292 g/mol. The van der Waals surface area contributed by atoms with Crippen LogP contribution < -0.4 is 5.32 Å². The van der Waals surface area contributed by atoms with Crippen LogP contribution >= 0.6 is 22.9 Å². The van der Waals surface area contributed by atoms with Gasteiger partial charge in [0.15, 0.2) is 5.13 Å². The third kappa shape index (κ3) is 2.55. The quantitative estimate of drug-likeness (QED) is 0.707. The van der Waals surface area contributed by atoms with Crippen LogP contribution in [0.15, 0.2) is 36.4 Å². The Labute approximate surface area is 118 Å². The Morgan fingerprint density at radius 1 is 1.21 bits per heavy atom. The van der Waals surface area contributed by atoms with Crippen molar-refractivity contribution in [3.05, 3.63) is 52.8 Å². The molecule has 0 fully saturated rings. The maximum Gasteiger partial charge on any atom is 0.188 e. The first kappa shape index (κ1) is 12.4. The molecular weight excluding hydrogens is 283 g/mol. The molecule has 2 aromatic carbocycles. The highest BCUT2D eigenvalue weighted by Gasteiger charge is 2.06. The first-order valence-corrected chi connectivity index (χ1v) is 6.90. The lowest BCUT2D eigenvalue weighted by Gasteiger charge is -2.03. The highest BCUT2D eigenvalue weighted by atomic mass is 35.5. The molecule has 3 rings (SSSR count). The van der Waals surface area contributed by atoms with E-state index in [-0.39, 0.29) is 5.82 Å². The van der Waals surface area contributed by atoms with Gasteiger partial charge in [0.1, 0.15) is 5.82 Å². The zero-order valence-corrected chi connectivity index (χ0v) is 11.6. The van der Waals surface area contributed by atoms with Crippen LogP contribution in [0.5, 0.6) is 0 Å². The van der Waals surface area contributed by atoms with Crippen molar-refractivity contribution in [3.8, 4) is 0 Å². The summed E-state index contributed by atoms with van der Waals surface area (Å²) in [4.78, 5) is 4.42. The Bertz CT molecular complexity index is 754. The summed E-state index contributed by atoms with van der Waals surface area (Å²) >= 11 is 7.43. The molecule has 0 spiro atoms. The highest BCUT2D eigenvalue weighted by molar-refractivity contribution is 7.22. The molecule has 1 heterocycles. The predicted molar refractivity (Wildman–Crippen MR) is 79.0 cm³/mol. The lowest BCUT2D eigenvalue weighted by Crippen LogP contribution is -1.91. The molecule has 1 N–H and O–H groups in total. The summed E-state index contributed by atoms with van der Waals surface area (Å²) in [6.45, 7) is 1.73. The van der Waals surface area contributed by atoms with E-state index in [1.54, 1.807) is 13.0 Å². The summed E-state index contributed by atoms with van der Waals surface area (Å²) in [6.07, 6.45) is 0. The lowest BCUT2D eigenvalue weighted by molar-refractivity contribution is 0.619. The van der Waals surface area contributed by atoms with Crippen molar-refractivity contribution < 1.29 is 4.39 Å². The number of hydrogen-bond acceptors (Lipinski definition) is 3. The SMILES string of the molecule is Cc1ccc(Nc2nc3cc(Cl)ccc3s2)cc1F. The van der Waals surface area contributed by atoms with E-state index in [1.165, 1.54) is 17.4 Å². The van der Waals surface area contributed by atoms with Crippen LogP contribution in [-0.4, -0.2) is 4.98 Å². The minimum Gasteiger partial charge on any atom is -0.331 e. The van der Waals surface area contributed by atoms with Gasteiger partial charge in [-0.2, -0.15) is 0 Å². The summed E-state index contributed by atoms with van der Waals surface area (Å²) in [5, 5.41) is 4.49. The van der Waals surface area contributed by atoms with Gasteiger partial charge in [-0.1, -0.05) is 29.0 Å². The van der Waals surface area contributed by atoms with Crippen molar-refractivity contribution >= 4 is 44.0 Å². The molecule has 0 aliphatic heterocycles. The standard InChI is InChI=1S/C14H10ClFN2S/c1-8-2-4-10(7-11(8)16)17-14-18-12-6-9(15)3-5-13(12)19-14/h2-7H,1H3,(H,17,18). The Kier molecular flexibility index (Phi) is 3.12. The van der Waals surface area contributed by atoms with Crippen LogP contribution in [0.25, 0.3) is 10.2 Å². The van der Waals surface area contributed by atoms with Crippen LogP contribution in [-0.2, 0) is 0 Å². The summed E-state index contributed by atoms with van der Waals surface area (Å²) in [5.74, 6) is -0.228. The van der Waals surface area contributed by atoms with Crippen LogP contribution in [0, 0.1) is 12.7 Å². The molecular formula is C14H10ClFN2S. The topological polar surface area (TPSA) is 24.9 Å². The van der Waals surface area contributed by atoms with E-state index < -0.39 is 0 Å². The van der Waals surface area contributed by atoms with Crippen molar-refractivity contribution in [3.63, 3.8) is 0 Å². The smallest absolute Gasteiger partial charge is 0.188 e. The van der Waals surface area contributed by atoms with Gasteiger partial charge in [-0.25, -0.2) is 9.37 Å². The van der Waals surface area contributed by atoms with E-state index in [4.69, 9.17) is 11.6 Å². The predicted octanol–water partition coefficient (Wildman–Crippen LogP) is 5.14. The zero-order chi connectivity index (χ0) is 13.4. The molecule has 0 bridgehead atoms. The molecule has 0 unspecified atom stereocenters. The summed E-state index contributed by atoms with van der Waals surface area (Å²) in [7, 11) is 0. The fourth-order valence-electron chi connectivity index (χ4n) is 1.75. The number of halogens is 2. The van der Waals surface area contributed by atoms with Crippen LogP contribution in [0.3, 0.4) is 0 Å². The second-order valence-corrected chi connectivity index (χ2v) is 5.69. The number of aromatic nitrogens is 1. The first-order chi connectivity index (χ1) is 9.11. The van der Waals surface area contributed by atoms with Crippen LogP contribution in [0.1, 0.15) is 5.56 Å². The molecule has 96 valence electrons. The van der Waals surface area contributed by atoms with Crippen LogP contribution in [0.4, 0.5) is 15.2 Å². The van der Waals surface area contributed by atoms with E-state index in [1.807, 2.05) is 24.3 Å². The fraction of sp³-hybridized carbons (Fsp3) is 0.0714. The Morgan fingerprint density at radius 2 is 2.05 bits per heavy atom. The van der Waals surface area contributed by atoms with Crippen molar-refractivity contribution in [2.24, 2.45) is 0 Å². The number of anilines is 2. The summed E-state index contributed by atoms with van der Waals surface area (Å²) < 4.78 is 14.5. The van der Waals surface area contributed by atoms with E-state index in [0.29, 0.717) is 16.3 Å². The van der Waals surface area contributed by atoms with Gasteiger partial charge in [-0.3, -0.25) is 0 Å². The second kappa shape index (κ2) is 4.79. The number of nitrogens with zero attached hydrogens (tertiary/aromatic N) is 1. The maximum absolute atomic E-state index is 13.5. The number of thiazole rings is 1. The molecule has 5 heteroatoms. The number of fused-ring (bicyclic) bond motifs is 1. The zero-order valence-electron chi connectivity index (χ0n) is 10.1. The van der Waals surface area contributed by atoms with E-state index in [9.17, 15) is 4.39 Å². The Balaban J connectivity index is 1.94. The third-order valence-electron chi connectivity index (χ3n) is 2.77. The molecule has 0 radical (unpaired) electrons. The number of hydrogen-bond donors (Lipinski definition) is 1. The molecule has 0 saturated heterocycles. The molecule has 3 aromatic rings. The van der Waals surface area contributed by atoms with Gasteiger partial charge in [0, 0.05) is 10.7 Å². The van der Waals surface area contributed by atoms with Crippen molar-refractivity contribution in [2.45, 2.75) is 6.92 Å². The molecule has 2 nitrogen and oxygen atoms in total. The Morgan fingerprint density at radius 3 is 2.84 bits per heavy atom. The average molecular weight is 293 g/mol. The van der Waals surface area contributed by atoms with Gasteiger partial charge in [0.05, 0.1) is 10.2 Å². The van der Waals surface area contributed by atoms with Gasteiger partial charge in [-0.15, -0.1) is 0 Å². The van der Waals surface area contributed by atoms with Gasteiger partial charge in [0.25, 0.3) is 0 Å². The lowest BCUT2D eigenvalue weighted by atomic mass is 10.2. The largest absolute Gasteiger partial charge is 0.331 e. The fourth-order valence-corrected chi connectivity index (χ4v) is 2.78. The molecule has 0 aliphatic carbocycles. The number of benzene rings is 2. The molecule has 0 saturated carbocycles. The number of aryl methyl sites for hydroxylation is 1. The van der Waals surface area contributed by atoms with Gasteiger partial charge in [-0.05, 0) is 42.8 Å². The summed E-state index contributed by atoms with van der Waals surface area (Å²) in [5.41, 5.74) is 2.16. The molecule has 0 aliphatic rings. The normalized spacial score (nSPS) is 10.9. The third-order valence-corrected chi connectivity index (χ3v) is 3.96. The molecule has 0 amide bonds. The number of rotatable bonds is 2. The maximum atomic E-state index is 13.5. The van der Waals surface area contributed by atoms with Crippen LogP contribution in [0.2, 0.25) is 5.02 Å². The first-order valence-electron chi connectivity index (χ1n) is 5.71.